The highest BCUT2D eigenvalue weighted by Gasteiger charge is 2.15. The van der Waals surface area contributed by atoms with Crippen LogP contribution in [0.25, 0.3) is 0 Å². The third-order valence-corrected chi connectivity index (χ3v) is 5.14. The molecule has 1 fully saturated rings. The quantitative estimate of drug-likeness (QED) is 0.614. The topological polar surface area (TPSA) is 63.2 Å². The van der Waals surface area contributed by atoms with Gasteiger partial charge >= 0.3 is 0 Å². The van der Waals surface area contributed by atoms with Gasteiger partial charge in [0.2, 0.25) is 0 Å². The molecule has 1 heterocycles. The number of rotatable bonds is 11. The number of hydrogen-bond donors (Lipinski definition) is 2. The summed E-state index contributed by atoms with van der Waals surface area (Å²) in [5.41, 5.74) is 1.15. The molecule has 27 heavy (non-hydrogen) atoms. The molecule has 1 aliphatic rings. The Balaban J connectivity index is 1.84. The summed E-state index contributed by atoms with van der Waals surface area (Å²) in [4.78, 5) is 2.10. The standard InChI is InChI=1S/C21H36N2O4/c1-16(2)23(3)14-19(24)15-27-21-11-18(5-6-20(21)25-4)13-22-12-17-7-9-26-10-8-17/h5-6,11,16-17,19,22,24H,7-10,12-15H2,1-4H3. The third kappa shape index (κ3) is 7.66. The molecule has 1 aliphatic heterocycles. The van der Waals surface area contributed by atoms with Gasteiger partial charge in [-0.3, -0.25) is 0 Å². The Morgan fingerprint density at radius 3 is 2.67 bits per heavy atom. The molecule has 6 heteroatoms. The van der Waals surface area contributed by atoms with Crippen LogP contribution in [0.3, 0.4) is 0 Å². The van der Waals surface area contributed by atoms with Gasteiger partial charge in [-0.2, -0.15) is 0 Å². The maximum absolute atomic E-state index is 10.2. The van der Waals surface area contributed by atoms with Crippen LogP contribution >= 0.6 is 0 Å². The van der Waals surface area contributed by atoms with Crippen molar-refractivity contribution in [3.8, 4) is 11.5 Å². The lowest BCUT2D eigenvalue weighted by molar-refractivity contribution is 0.0660. The Bertz CT molecular complexity index is 547. The molecule has 0 radical (unpaired) electrons. The van der Waals surface area contributed by atoms with Gasteiger partial charge in [-0.05, 0) is 63.9 Å². The number of aliphatic hydroxyl groups is 1. The first-order valence-corrected chi connectivity index (χ1v) is 9.96. The van der Waals surface area contributed by atoms with E-state index >= 15 is 0 Å². The van der Waals surface area contributed by atoms with Crippen LogP contribution in [0.1, 0.15) is 32.3 Å². The molecule has 6 nitrogen and oxygen atoms in total. The van der Waals surface area contributed by atoms with E-state index in [1.54, 1.807) is 7.11 Å². The summed E-state index contributed by atoms with van der Waals surface area (Å²) in [6, 6.07) is 6.35. The monoisotopic (exact) mass is 380 g/mol. The first kappa shape index (κ1) is 22.0. The van der Waals surface area contributed by atoms with Crippen LogP contribution in [0.5, 0.6) is 11.5 Å². The number of hydrogen-bond acceptors (Lipinski definition) is 6. The Kier molecular flexibility index (Phi) is 9.34. The predicted octanol–water partition coefficient (Wildman–Crippen LogP) is 2.29. The van der Waals surface area contributed by atoms with Crippen LogP contribution in [0.15, 0.2) is 18.2 Å². The summed E-state index contributed by atoms with van der Waals surface area (Å²) in [5.74, 6) is 2.06. The van der Waals surface area contributed by atoms with E-state index in [-0.39, 0.29) is 6.61 Å². The van der Waals surface area contributed by atoms with E-state index < -0.39 is 6.10 Å². The second-order valence-electron chi connectivity index (χ2n) is 7.67. The zero-order valence-electron chi connectivity index (χ0n) is 17.2. The van der Waals surface area contributed by atoms with Crippen LogP contribution < -0.4 is 14.8 Å². The number of likely N-dealkylation sites (N-methyl/N-ethyl adjacent to an activating group) is 1. The fourth-order valence-corrected chi connectivity index (χ4v) is 3.10. The molecule has 2 rings (SSSR count). The van der Waals surface area contributed by atoms with Gasteiger partial charge in [-0.1, -0.05) is 6.07 Å². The van der Waals surface area contributed by atoms with Crippen molar-refractivity contribution in [1.29, 1.82) is 0 Å². The summed E-state index contributed by atoms with van der Waals surface area (Å²) < 4.78 is 16.7. The fourth-order valence-electron chi connectivity index (χ4n) is 3.10. The van der Waals surface area contributed by atoms with Crippen molar-refractivity contribution in [3.05, 3.63) is 23.8 Å². The van der Waals surface area contributed by atoms with Crippen molar-refractivity contribution in [2.45, 2.75) is 45.4 Å². The number of ether oxygens (including phenoxy) is 3. The van der Waals surface area contributed by atoms with E-state index in [0.29, 0.717) is 30.0 Å². The predicted molar refractivity (Wildman–Crippen MR) is 108 cm³/mol. The van der Waals surface area contributed by atoms with Crippen molar-refractivity contribution in [3.63, 3.8) is 0 Å². The lowest BCUT2D eigenvalue weighted by atomic mass is 10.0. The Morgan fingerprint density at radius 2 is 2.00 bits per heavy atom. The van der Waals surface area contributed by atoms with Gasteiger partial charge in [0.15, 0.2) is 11.5 Å². The number of nitrogens with one attached hydrogen (secondary N) is 1. The Labute approximate surface area is 163 Å². The molecular formula is C21H36N2O4. The molecule has 1 unspecified atom stereocenters. The highest BCUT2D eigenvalue weighted by Crippen LogP contribution is 2.28. The molecule has 0 bridgehead atoms. The summed E-state index contributed by atoms with van der Waals surface area (Å²) in [5, 5.41) is 13.7. The van der Waals surface area contributed by atoms with Crippen molar-refractivity contribution < 1.29 is 19.3 Å². The van der Waals surface area contributed by atoms with Gasteiger partial charge in [0.1, 0.15) is 12.7 Å². The van der Waals surface area contributed by atoms with Crippen LogP contribution in [-0.4, -0.2) is 69.2 Å². The number of methoxy groups -OCH3 is 1. The summed E-state index contributed by atoms with van der Waals surface area (Å²) in [6.45, 7) is 8.57. The molecule has 0 aromatic heterocycles. The van der Waals surface area contributed by atoms with Gasteiger partial charge in [0.25, 0.3) is 0 Å². The third-order valence-electron chi connectivity index (χ3n) is 5.14. The molecule has 1 saturated heterocycles. The lowest BCUT2D eigenvalue weighted by Gasteiger charge is -2.24. The lowest BCUT2D eigenvalue weighted by Crippen LogP contribution is -2.37. The van der Waals surface area contributed by atoms with E-state index in [1.165, 1.54) is 0 Å². The minimum atomic E-state index is -0.544. The summed E-state index contributed by atoms with van der Waals surface area (Å²) in [6.07, 6.45) is 1.72. The largest absolute Gasteiger partial charge is 0.493 e. The van der Waals surface area contributed by atoms with Gasteiger partial charge in [0, 0.05) is 32.3 Å². The summed E-state index contributed by atoms with van der Waals surface area (Å²) >= 11 is 0. The molecule has 1 aromatic carbocycles. The van der Waals surface area contributed by atoms with E-state index in [2.05, 4.69) is 24.1 Å². The number of nitrogens with zero attached hydrogens (tertiary/aromatic N) is 1. The molecule has 0 aliphatic carbocycles. The van der Waals surface area contributed by atoms with Crippen molar-refractivity contribution in [2.75, 3.05) is 47.1 Å². The van der Waals surface area contributed by atoms with Crippen LogP contribution in [0.4, 0.5) is 0 Å². The van der Waals surface area contributed by atoms with Crippen LogP contribution in [0.2, 0.25) is 0 Å². The van der Waals surface area contributed by atoms with Crippen molar-refractivity contribution in [1.82, 2.24) is 10.2 Å². The highest BCUT2D eigenvalue weighted by atomic mass is 16.5. The second kappa shape index (κ2) is 11.5. The van der Waals surface area contributed by atoms with E-state index in [1.807, 2.05) is 25.2 Å². The fraction of sp³-hybridized carbons (Fsp3) is 0.714. The molecule has 2 N–H and O–H groups in total. The summed E-state index contributed by atoms with van der Waals surface area (Å²) in [7, 11) is 3.63. The zero-order chi connectivity index (χ0) is 19.6. The van der Waals surface area contributed by atoms with Crippen molar-refractivity contribution >= 4 is 0 Å². The molecule has 1 aromatic rings. The first-order chi connectivity index (χ1) is 13.0. The van der Waals surface area contributed by atoms with Crippen LogP contribution in [-0.2, 0) is 11.3 Å². The molecule has 0 amide bonds. The first-order valence-electron chi connectivity index (χ1n) is 9.96. The minimum Gasteiger partial charge on any atom is -0.493 e. The van der Waals surface area contributed by atoms with Crippen molar-refractivity contribution in [2.24, 2.45) is 5.92 Å². The normalized spacial score (nSPS) is 16.7. The van der Waals surface area contributed by atoms with Crippen LogP contribution in [0, 0.1) is 5.92 Å². The Hall–Kier alpha value is -1.34. The molecule has 1 atom stereocenters. The SMILES string of the molecule is COc1ccc(CNCC2CCOCC2)cc1OCC(O)CN(C)C(C)C. The zero-order valence-corrected chi connectivity index (χ0v) is 17.2. The second-order valence-corrected chi connectivity index (χ2v) is 7.67. The number of benzene rings is 1. The van der Waals surface area contributed by atoms with Gasteiger partial charge in [0.05, 0.1) is 7.11 Å². The minimum absolute atomic E-state index is 0.242. The number of aliphatic hydroxyl groups excluding tert-OH is 1. The average Bonchev–Trinajstić information content (AvgIpc) is 2.67. The van der Waals surface area contributed by atoms with Gasteiger partial charge in [-0.15, -0.1) is 0 Å². The molecule has 0 saturated carbocycles. The molecule has 154 valence electrons. The maximum Gasteiger partial charge on any atom is 0.161 e. The van der Waals surface area contributed by atoms with Gasteiger partial charge < -0.3 is 29.5 Å². The highest BCUT2D eigenvalue weighted by molar-refractivity contribution is 5.43. The maximum atomic E-state index is 10.2. The average molecular weight is 381 g/mol. The Morgan fingerprint density at radius 1 is 1.26 bits per heavy atom. The van der Waals surface area contributed by atoms with E-state index in [0.717, 1.165) is 44.7 Å². The molecular weight excluding hydrogens is 344 g/mol. The molecule has 0 spiro atoms. The van der Waals surface area contributed by atoms with E-state index in [9.17, 15) is 5.11 Å². The smallest absolute Gasteiger partial charge is 0.161 e. The van der Waals surface area contributed by atoms with E-state index in [4.69, 9.17) is 14.2 Å². The van der Waals surface area contributed by atoms with Gasteiger partial charge in [-0.25, -0.2) is 0 Å².